The maximum Gasteiger partial charge on any atom is 0.258 e. The first kappa shape index (κ1) is 36.2. The van der Waals surface area contributed by atoms with E-state index in [4.69, 9.17) is 60.6 Å². The molecule has 0 radical (unpaired) electrons. The highest BCUT2D eigenvalue weighted by Crippen LogP contribution is 2.38. The Morgan fingerprint density at radius 3 is 1.55 bits per heavy atom. The highest BCUT2D eigenvalue weighted by atomic mass is 35.5. The number of aromatic hydroxyl groups is 1. The smallest absolute Gasteiger partial charge is 0.258 e. The summed E-state index contributed by atoms with van der Waals surface area (Å²) in [5, 5.41) is 10.3. The molecule has 8 nitrogen and oxygen atoms in total. The predicted molar refractivity (Wildman–Crippen MR) is 202 cm³/mol. The second-order valence-electron chi connectivity index (χ2n) is 11.6. The first-order valence-corrected chi connectivity index (χ1v) is 17.6. The monoisotopic (exact) mass is 764 g/mol. The molecular formula is C39H32Cl4N2O6. The molecular weight excluding hydrogens is 734 g/mol. The first-order valence-electron chi connectivity index (χ1n) is 16.1. The molecule has 1 N–H and O–H groups in total. The number of hydrogen-bond acceptors (Lipinski definition) is 6. The van der Waals surface area contributed by atoms with E-state index >= 15 is 0 Å². The topological polar surface area (TPSA) is 88.5 Å². The quantitative estimate of drug-likeness (QED) is 0.192. The van der Waals surface area contributed by atoms with Crippen molar-refractivity contribution in [1.82, 2.24) is 0 Å². The fourth-order valence-electron chi connectivity index (χ4n) is 5.63. The lowest BCUT2D eigenvalue weighted by molar-refractivity contribution is 0.0979. The number of phenolic OH excluding ortho intramolecular Hbond substituents is 1. The van der Waals surface area contributed by atoms with E-state index in [-0.39, 0.29) is 27.6 Å². The van der Waals surface area contributed by atoms with Crippen molar-refractivity contribution in [3.8, 4) is 23.0 Å². The zero-order chi connectivity index (χ0) is 35.9. The van der Waals surface area contributed by atoms with E-state index in [1.165, 1.54) is 12.1 Å². The van der Waals surface area contributed by atoms with Gasteiger partial charge in [0.1, 0.15) is 18.1 Å². The van der Waals surface area contributed by atoms with E-state index in [1.54, 1.807) is 21.9 Å². The molecule has 7 rings (SSSR count). The molecule has 0 saturated heterocycles. The van der Waals surface area contributed by atoms with Crippen molar-refractivity contribution < 1.29 is 28.9 Å². The van der Waals surface area contributed by atoms with E-state index in [9.17, 15) is 14.7 Å². The number of nitrogens with zero attached hydrogens (tertiary/aromatic N) is 2. The maximum atomic E-state index is 13.2. The Morgan fingerprint density at radius 2 is 1.06 bits per heavy atom. The van der Waals surface area contributed by atoms with Crippen LogP contribution in [0.15, 0.2) is 103 Å². The normalized spacial score (nSPS) is 13.6. The minimum atomic E-state index is -0.234. The molecule has 2 amide bonds. The third kappa shape index (κ3) is 8.48. The van der Waals surface area contributed by atoms with Gasteiger partial charge in [0, 0.05) is 24.2 Å². The van der Waals surface area contributed by atoms with Crippen LogP contribution in [0.1, 0.15) is 39.1 Å². The molecule has 12 heteroatoms. The number of carbonyl (C=O) groups is 2. The van der Waals surface area contributed by atoms with Crippen LogP contribution in [-0.4, -0.2) is 43.2 Å². The van der Waals surface area contributed by atoms with Crippen LogP contribution in [0.4, 0.5) is 11.4 Å². The van der Waals surface area contributed by atoms with E-state index in [2.05, 4.69) is 0 Å². The lowest BCUT2D eigenvalue weighted by Gasteiger charge is -2.22. The number of ether oxygens (including phenoxy) is 3. The Morgan fingerprint density at radius 1 is 0.627 bits per heavy atom. The van der Waals surface area contributed by atoms with Crippen molar-refractivity contribution in [3.63, 3.8) is 0 Å². The van der Waals surface area contributed by atoms with Gasteiger partial charge in [-0.05, 0) is 66.9 Å². The van der Waals surface area contributed by atoms with Gasteiger partial charge >= 0.3 is 0 Å². The van der Waals surface area contributed by atoms with Gasteiger partial charge in [0.15, 0.2) is 11.5 Å². The van der Waals surface area contributed by atoms with Crippen LogP contribution in [0.2, 0.25) is 20.1 Å². The summed E-state index contributed by atoms with van der Waals surface area (Å²) in [6.07, 6.45) is 1.46. The summed E-state index contributed by atoms with van der Waals surface area (Å²) in [5.41, 5.74) is 3.19. The highest BCUT2D eigenvalue weighted by molar-refractivity contribution is 6.38. The largest absolute Gasteiger partial charge is 0.505 e. The van der Waals surface area contributed by atoms with Crippen molar-refractivity contribution in [2.24, 2.45) is 0 Å². The number of fused-ring (bicyclic) bond motifs is 2. The van der Waals surface area contributed by atoms with Gasteiger partial charge in [-0.15, -0.1) is 0 Å². The van der Waals surface area contributed by atoms with Crippen LogP contribution >= 0.6 is 46.4 Å². The number of hydrogen-bond donors (Lipinski definition) is 1. The van der Waals surface area contributed by atoms with Crippen molar-refractivity contribution >= 4 is 69.6 Å². The number of carbonyl (C=O) groups excluding carboxylic acids is 2. The molecule has 2 aliphatic heterocycles. The Bertz CT molecular complexity index is 2000. The van der Waals surface area contributed by atoms with Crippen LogP contribution in [0.3, 0.4) is 0 Å². The number of para-hydroxylation sites is 4. The fraction of sp³-hybridized carbons (Fsp3) is 0.179. The number of anilines is 2. The fourth-order valence-corrected chi connectivity index (χ4v) is 6.71. The minimum Gasteiger partial charge on any atom is -0.505 e. The van der Waals surface area contributed by atoms with E-state index < -0.39 is 0 Å². The van der Waals surface area contributed by atoms with Crippen molar-refractivity contribution in [1.29, 1.82) is 0 Å². The predicted octanol–water partition coefficient (Wildman–Crippen LogP) is 10.1. The molecule has 0 fully saturated rings. The van der Waals surface area contributed by atoms with Gasteiger partial charge in [0.2, 0.25) is 0 Å². The van der Waals surface area contributed by atoms with E-state index in [1.807, 2.05) is 78.9 Å². The molecule has 0 aromatic heterocycles. The van der Waals surface area contributed by atoms with E-state index in [0.29, 0.717) is 77.0 Å². The molecule has 0 unspecified atom stereocenters. The second-order valence-corrected chi connectivity index (χ2v) is 13.2. The molecule has 0 spiro atoms. The molecule has 0 atom stereocenters. The van der Waals surface area contributed by atoms with Crippen LogP contribution in [0, 0.1) is 0 Å². The lowest BCUT2D eigenvalue weighted by Crippen LogP contribution is -2.31. The molecule has 2 heterocycles. The summed E-state index contributed by atoms with van der Waals surface area (Å²) >= 11 is 24.6. The average molecular weight is 767 g/mol. The third-order valence-corrected chi connectivity index (χ3v) is 9.24. The molecule has 0 bridgehead atoms. The van der Waals surface area contributed by atoms with Crippen molar-refractivity contribution in [2.45, 2.75) is 19.4 Å². The van der Waals surface area contributed by atoms with Crippen molar-refractivity contribution in [3.05, 3.63) is 140 Å². The number of halogens is 4. The molecule has 5 aromatic rings. The highest BCUT2D eigenvalue weighted by Gasteiger charge is 2.26. The van der Waals surface area contributed by atoms with Crippen LogP contribution in [-0.2, 0) is 6.61 Å². The van der Waals surface area contributed by atoms with Crippen molar-refractivity contribution in [2.75, 3.05) is 36.1 Å². The van der Waals surface area contributed by atoms with Gasteiger partial charge in [-0.1, -0.05) is 101 Å². The molecule has 2 aliphatic rings. The standard InChI is InChI=1S/C23H19Cl2NO3.C16H13Cl2NO3/c24-18-13-17(14-19(25)22(18)29-15-16-7-2-1-3-8-16)23(27)26-11-6-12-28-21-10-5-4-9-20(21)26;17-11-8-10(9-12(18)15(11)20)16(21)19-6-3-7-22-14-5-2-1-4-13(14)19/h1-5,7-10,13-14H,6,11-12,15H2;1-2,4-5,8-9,20H,3,6-7H2. The lowest BCUT2D eigenvalue weighted by atomic mass is 10.1. The Balaban J connectivity index is 0.000000183. The molecule has 5 aromatic carbocycles. The Labute approximate surface area is 315 Å². The summed E-state index contributed by atoms with van der Waals surface area (Å²) in [6, 6.07) is 30.7. The molecule has 262 valence electrons. The van der Waals surface area contributed by atoms with Gasteiger partial charge in [-0.2, -0.15) is 0 Å². The molecule has 0 aliphatic carbocycles. The number of benzene rings is 5. The van der Waals surface area contributed by atoms with Gasteiger partial charge in [-0.3, -0.25) is 9.59 Å². The van der Waals surface area contributed by atoms with Gasteiger partial charge in [0.25, 0.3) is 11.8 Å². The Hall–Kier alpha value is -4.60. The number of amides is 2. The van der Waals surface area contributed by atoms with Gasteiger partial charge in [-0.25, -0.2) is 0 Å². The van der Waals surface area contributed by atoms with Gasteiger partial charge < -0.3 is 29.1 Å². The van der Waals surface area contributed by atoms with E-state index in [0.717, 1.165) is 24.1 Å². The zero-order valence-corrected chi connectivity index (χ0v) is 30.2. The second kappa shape index (κ2) is 16.6. The van der Waals surface area contributed by atoms with Crippen LogP contribution in [0.25, 0.3) is 0 Å². The molecule has 0 saturated carbocycles. The first-order chi connectivity index (χ1) is 24.7. The summed E-state index contributed by atoms with van der Waals surface area (Å²) in [7, 11) is 0. The SMILES string of the molecule is O=C(c1cc(Cl)c(O)c(Cl)c1)N1CCCOc2ccccc21.O=C(c1cc(Cl)c(OCc2ccccc2)c(Cl)c1)N1CCCOc2ccccc21. The summed E-state index contributed by atoms with van der Waals surface area (Å²) in [6.45, 7) is 2.54. The van der Waals surface area contributed by atoms with Crippen LogP contribution < -0.4 is 24.0 Å². The Kier molecular flexibility index (Phi) is 11.8. The summed E-state index contributed by atoms with van der Waals surface area (Å²) < 4.78 is 17.2. The minimum absolute atomic E-state index is 0.0511. The maximum absolute atomic E-state index is 13.2. The van der Waals surface area contributed by atoms with Crippen LogP contribution in [0.5, 0.6) is 23.0 Å². The zero-order valence-electron chi connectivity index (χ0n) is 27.2. The summed E-state index contributed by atoms with van der Waals surface area (Å²) in [5.74, 6) is 1.10. The summed E-state index contributed by atoms with van der Waals surface area (Å²) in [4.78, 5) is 29.4. The number of rotatable bonds is 5. The molecule has 51 heavy (non-hydrogen) atoms. The number of phenols is 1. The van der Waals surface area contributed by atoms with Gasteiger partial charge in [0.05, 0.1) is 44.7 Å². The third-order valence-electron chi connectivity index (χ3n) is 8.10. The average Bonchev–Trinajstić information content (AvgIpc) is 3.50.